The van der Waals surface area contributed by atoms with E-state index < -0.39 is 0 Å². The van der Waals surface area contributed by atoms with Gasteiger partial charge < -0.3 is 15.1 Å². The van der Waals surface area contributed by atoms with Crippen LogP contribution in [0, 0.1) is 0 Å². The summed E-state index contributed by atoms with van der Waals surface area (Å²) in [6.07, 6.45) is 2.69. The average Bonchev–Trinajstić information content (AvgIpc) is 2.81. The molecule has 0 aromatic carbocycles. The van der Waals surface area contributed by atoms with E-state index in [4.69, 9.17) is 0 Å². The molecule has 2 rings (SSSR count). The molecular weight excluding hydrogens is 317 g/mol. The van der Waals surface area contributed by atoms with Gasteiger partial charge in [-0.3, -0.25) is 0 Å². The fourth-order valence-electron chi connectivity index (χ4n) is 1.86. The summed E-state index contributed by atoms with van der Waals surface area (Å²) in [6.45, 7) is 2.22. The summed E-state index contributed by atoms with van der Waals surface area (Å²) < 4.78 is 0.960. The summed E-state index contributed by atoms with van der Waals surface area (Å²) >= 11 is 2.35. The van der Waals surface area contributed by atoms with Gasteiger partial charge >= 0.3 is 0 Å². The van der Waals surface area contributed by atoms with E-state index in [0.717, 1.165) is 29.4 Å². The molecule has 0 aromatic rings. The molecule has 1 saturated heterocycles. The van der Waals surface area contributed by atoms with Crippen LogP contribution < -0.4 is 5.32 Å². The third-order valence-electron chi connectivity index (χ3n) is 2.72. The molecule has 0 saturated carbocycles. The van der Waals surface area contributed by atoms with Gasteiger partial charge in [-0.1, -0.05) is 22.6 Å². The number of alkyl halides is 1. The number of halogens is 1. The first-order valence-corrected chi connectivity index (χ1v) is 7.14. The Labute approximate surface area is 110 Å². The second kappa shape index (κ2) is 5.20. The van der Waals surface area contributed by atoms with Gasteiger partial charge in [0.2, 0.25) is 11.9 Å². The molecule has 1 fully saturated rings. The van der Waals surface area contributed by atoms with Crippen LogP contribution in [0.2, 0.25) is 0 Å². The topological polar surface area (TPSA) is 43.2 Å². The van der Waals surface area contributed by atoms with Crippen molar-refractivity contribution >= 4 is 34.5 Å². The van der Waals surface area contributed by atoms with Crippen molar-refractivity contribution in [3.8, 4) is 0 Å². The number of hydrogen-bond acceptors (Lipinski definition) is 5. The lowest BCUT2D eigenvalue weighted by atomic mass is 10.4. The van der Waals surface area contributed by atoms with Crippen LogP contribution in [0.1, 0.15) is 12.8 Å². The van der Waals surface area contributed by atoms with Crippen LogP contribution in [0.4, 0.5) is 0 Å². The number of rotatable bonds is 1. The monoisotopic (exact) mass is 335 g/mol. The molecule has 1 unspecified atom stereocenters. The maximum absolute atomic E-state index is 4.57. The molecule has 2 heterocycles. The first kappa shape index (κ1) is 11.9. The van der Waals surface area contributed by atoms with Crippen LogP contribution >= 0.6 is 22.6 Å². The molecule has 90 valence electrons. The van der Waals surface area contributed by atoms with Crippen LogP contribution in [0.3, 0.4) is 0 Å². The van der Waals surface area contributed by atoms with E-state index in [9.17, 15) is 0 Å². The molecule has 0 spiro atoms. The number of nitrogens with one attached hydrogen (secondary N) is 1. The molecule has 0 amide bonds. The Hall–Kier alpha value is -0.530. The molecule has 1 N–H and O–H groups in total. The van der Waals surface area contributed by atoms with Crippen molar-refractivity contribution < 1.29 is 0 Å². The minimum absolute atomic E-state index is 0.158. The van der Waals surface area contributed by atoms with Crippen molar-refractivity contribution in [2.24, 2.45) is 9.98 Å². The Bertz CT molecular complexity index is 306. The van der Waals surface area contributed by atoms with E-state index in [2.05, 4.69) is 42.8 Å². The zero-order valence-corrected chi connectivity index (χ0v) is 11.9. The first-order valence-electron chi connectivity index (χ1n) is 5.62. The van der Waals surface area contributed by atoms with E-state index in [1.54, 1.807) is 0 Å². The molecular formula is C10H18IN5. The van der Waals surface area contributed by atoms with Crippen molar-refractivity contribution in [2.45, 2.75) is 19.0 Å². The Balaban J connectivity index is 2.15. The van der Waals surface area contributed by atoms with E-state index in [-0.39, 0.29) is 6.17 Å². The summed E-state index contributed by atoms with van der Waals surface area (Å²) in [6, 6.07) is 0. The Kier molecular flexibility index (Phi) is 3.88. The smallest absolute Gasteiger partial charge is 0.225 e. The minimum Gasteiger partial charge on any atom is -0.347 e. The van der Waals surface area contributed by atoms with Gasteiger partial charge in [0.05, 0.1) is 0 Å². The maximum atomic E-state index is 4.57. The van der Waals surface area contributed by atoms with Crippen LogP contribution in [0.15, 0.2) is 9.98 Å². The van der Waals surface area contributed by atoms with Gasteiger partial charge in [-0.15, -0.1) is 0 Å². The highest BCUT2D eigenvalue weighted by Gasteiger charge is 2.23. The summed E-state index contributed by atoms with van der Waals surface area (Å²) in [4.78, 5) is 13.4. The maximum Gasteiger partial charge on any atom is 0.225 e. The molecule has 0 aromatic heterocycles. The van der Waals surface area contributed by atoms with Gasteiger partial charge in [-0.05, 0) is 12.8 Å². The molecule has 5 nitrogen and oxygen atoms in total. The van der Waals surface area contributed by atoms with Crippen molar-refractivity contribution in [1.82, 2.24) is 15.1 Å². The zero-order chi connectivity index (χ0) is 11.5. The average molecular weight is 335 g/mol. The summed E-state index contributed by atoms with van der Waals surface area (Å²) in [5, 5.41) is 3.38. The number of guanidine groups is 2. The SMILES string of the molecule is CN(C)C1=NC(CI)NC(N2CCCC2)=N1. The normalized spacial score (nSPS) is 24.9. The Morgan fingerprint density at radius 3 is 2.69 bits per heavy atom. The summed E-state index contributed by atoms with van der Waals surface area (Å²) in [5.41, 5.74) is 0. The fraction of sp³-hybridized carbons (Fsp3) is 0.800. The number of nitrogens with zero attached hydrogens (tertiary/aromatic N) is 4. The van der Waals surface area contributed by atoms with Crippen molar-refractivity contribution in [3.05, 3.63) is 0 Å². The van der Waals surface area contributed by atoms with Gasteiger partial charge in [0, 0.05) is 31.6 Å². The predicted molar refractivity (Wildman–Crippen MR) is 75.2 cm³/mol. The van der Waals surface area contributed by atoms with Crippen LogP contribution in [0.5, 0.6) is 0 Å². The molecule has 16 heavy (non-hydrogen) atoms. The number of hydrogen-bond donors (Lipinski definition) is 1. The lowest BCUT2D eigenvalue weighted by Gasteiger charge is -2.29. The first-order chi connectivity index (χ1) is 7.70. The third kappa shape index (κ3) is 2.58. The van der Waals surface area contributed by atoms with Gasteiger partial charge in [-0.2, -0.15) is 4.99 Å². The summed E-state index contributed by atoms with van der Waals surface area (Å²) in [7, 11) is 3.97. The van der Waals surface area contributed by atoms with E-state index in [0.29, 0.717) is 0 Å². The minimum atomic E-state index is 0.158. The Morgan fingerprint density at radius 1 is 1.44 bits per heavy atom. The van der Waals surface area contributed by atoms with Crippen LogP contribution in [-0.4, -0.2) is 59.5 Å². The lowest BCUT2D eigenvalue weighted by Crippen LogP contribution is -2.49. The highest BCUT2D eigenvalue weighted by atomic mass is 127. The molecule has 0 aliphatic carbocycles. The molecule has 2 aliphatic heterocycles. The molecule has 0 radical (unpaired) electrons. The third-order valence-corrected chi connectivity index (χ3v) is 3.56. The molecule has 1 atom stereocenters. The fourth-order valence-corrected chi connectivity index (χ4v) is 2.27. The van der Waals surface area contributed by atoms with Gasteiger partial charge in [0.25, 0.3) is 0 Å². The predicted octanol–water partition coefficient (Wildman–Crippen LogP) is 0.720. The standard InChI is InChI=1S/C10H18IN5/c1-15(2)9-12-8(7-11)13-10(14-9)16-5-3-4-6-16/h8H,3-7H2,1-2H3,(H,12,13,14). The van der Waals surface area contributed by atoms with Crippen molar-refractivity contribution in [2.75, 3.05) is 31.6 Å². The number of aliphatic imine (C=N–C) groups is 2. The zero-order valence-electron chi connectivity index (χ0n) is 9.78. The lowest BCUT2D eigenvalue weighted by molar-refractivity contribution is 0.473. The van der Waals surface area contributed by atoms with Gasteiger partial charge in [0.1, 0.15) is 6.17 Å². The second-order valence-electron chi connectivity index (χ2n) is 4.27. The largest absolute Gasteiger partial charge is 0.347 e. The second-order valence-corrected chi connectivity index (χ2v) is 5.15. The van der Waals surface area contributed by atoms with Crippen LogP contribution in [-0.2, 0) is 0 Å². The quantitative estimate of drug-likeness (QED) is 0.567. The molecule has 6 heteroatoms. The number of likely N-dealkylation sites (tertiary alicyclic amines) is 1. The molecule has 0 bridgehead atoms. The van der Waals surface area contributed by atoms with Crippen LogP contribution in [0.25, 0.3) is 0 Å². The van der Waals surface area contributed by atoms with E-state index in [1.165, 1.54) is 12.8 Å². The van der Waals surface area contributed by atoms with Gasteiger partial charge in [-0.25, -0.2) is 4.99 Å². The highest BCUT2D eigenvalue weighted by Crippen LogP contribution is 2.11. The van der Waals surface area contributed by atoms with E-state index in [1.807, 2.05) is 19.0 Å². The van der Waals surface area contributed by atoms with Crippen molar-refractivity contribution in [1.29, 1.82) is 0 Å². The highest BCUT2D eigenvalue weighted by molar-refractivity contribution is 14.1. The molecule has 2 aliphatic rings. The Morgan fingerprint density at radius 2 is 2.12 bits per heavy atom. The summed E-state index contributed by atoms with van der Waals surface area (Å²) in [5.74, 6) is 1.82. The van der Waals surface area contributed by atoms with E-state index >= 15 is 0 Å². The van der Waals surface area contributed by atoms with Gasteiger partial charge in [0.15, 0.2) is 0 Å². The van der Waals surface area contributed by atoms with Crippen molar-refractivity contribution in [3.63, 3.8) is 0 Å².